The van der Waals surface area contributed by atoms with Crippen LogP contribution in [0.1, 0.15) is 45.9 Å². The van der Waals surface area contributed by atoms with E-state index in [1.54, 1.807) is 16.9 Å². The number of hydrogen-bond acceptors (Lipinski definition) is 4. The van der Waals surface area contributed by atoms with Crippen molar-refractivity contribution in [1.82, 2.24) is 9.78 Å². The molecule has 1 rings (SSSR count). The van der Waals surface area contributed by atoms with Crippen molar-refractivity contribution >= 4 is 15.8 Å². The molecule has 0 aliphatic rings. The van der Waals surface area contributed by atoms with Crippen LogP contribution < -0.4 is 0 Å². The predicted molar refractivity (Wildman–Crippen MR) is 71.6 cm³/mol. The van der Waals surface area contributed by atoms with Crippen LogP contribution in [0, 0.1) is 0 Å². The summed E-state index contributed by atoms with van der Waals surface area (Å²) in [5.41, 5.74) is 0.370. The highest BCUT2D eigenvalue weighted by Gasteiger charge is 2.42. The molecule has 0 amide bonds. The van der Waals surface area contributed by atoms with Gasteiger partial charge in [-0.15, -0.1) is 0 Å². The lowest BCUT2D eigenvalue weighted by Gasteiger charge is -2.18. The number of aliphatic carboxylic acids is 1. The number of carboxylic acids is 1. The normalized spacial score (nSPS) is 14.3. The topological polar surface area (TPSA) is 89.3 Å². The summed E-state index contributed by atoms with van der Waals surface area (Å²) in [6.07, 6.45) is 2.60. The van der Waals surface area contributed by atoms with Crippen LogP contribution in [0.2, 0.25) is 0 Å². The Balaban J connectivity index is 2.97. The Hall–Kier alpha value is -1.37. The maximum absolute atomic E-state index is 12.1. The van der Waals surface area contributed by atoms with E-state index >= 15 is 0 Å². The molecule has 7 heteroatoms. The summed E-state index contributed by atoms with van der Waals surface area (Å²) in [4.78, 5) is 11.0. The highest BCUT2D eigenvalue weighted by molar-refractivity contribution is 7.92. The van der Waals surface area contributed by atoms with Crippen LogP contribution in [0.3, 0.4) is 0 Å². The molecule has 1 unspecified atom stereocenters. The number of carbonyl (C=O) groups is 1. The molecule has 0 aliphatic heterocycles. The van der Waals surface area contributed by atoms with Gasteiger partial charge in [-0.1, -0.05) is 6.92 Å². The van der Waals surface area contributed by atoms with E-state index < -0.39 is 20.6 Å². The monoisotopic (exact) mass is 288 g/mol. The first-order valence-electron chi connectivity index (χ1n) is 6.11. The summed E-state index contributed by atoms with van der Waals surface area (Å²) in [5, 5.41) is 13.2. The maximum Gasteiger partial charge on any atom is 0.324 e. The molecule has 0 bridgehead atoms. The van der Waals surface area contributed by atoms with Crippen LogP contribution in [0.4, 0.5) is 0 Å². The number of nitrogens with zero attached hydrogens (tertiary/aromatic N) is 2. The number of hydrogen-bond donors (Lipinski definition) is 1. The van der Waals surface area contributed by atoms with E-state index in [9.17, 15) is 13.2 Å². The second kappa shape index (κ2) is 5.32. The minimum atomic E-state index is -3.81. The lowest BCUT2D eigenvalue weighted by molar-refractivity contribution is -0.139. The standard InChI is InChI=1S/C12H20N2O4S/c1-5-9(2)14-7-6-10(13-14)8-19(17,18)12(3,4)11(15)16/h6-7,9H,5,8H2,1-4H3,(H,15,16). The van der Waals surface area contributed by atoms with E-state index in [2.05, 4.69) is 5.10 Å². The number of aromatic nitrogens is 2. The highest BCUT2D eigenvalue weighted by Crippen LogP contribution is 2.21. The first-order chi connectivity index (χ1) is 8.61. The molecular formula is C12H20N2O4S. The van der Waals surface area contributed by atoms with E-state index in [-0.39, 0.29) is 11.8 Å². The van der Waals surface area contributed by atoms with Crippen molar-refractivity contribution in [2.75, 3.05) is 0 Å². The zero-order valence-electron chi connectivity index (χ0n) is 11.6. The molecule has 1 aromatic rings. The molecule has 19 heavy (non-hydrogen) atoms. The molecule has 0 radical (unpaired) electrons. The third-order valence-electron chi connectivity index (χ3n) is 3.34. The highest BCUT2D eigenvalue weighted by atomic mass is 32.2. The minimum absolute atomic E-state index is 0.184. The van der Waals surface area contributed by atoms with Gasteiger partial charge in [0, 0.05) is 12.2 Å². The third-order valence-corrected chi connectivity index (χ3v) is 5.74. The van der Waals surface area contributed by atoms with Crippen molar-refractivity contribution in [2.24, 2.45) is 0 Å². The fraction of sp³-hybridized carbons (Fsp3) is 0.667. The molecular weight excluding hydrogens is 268 g/mol. The number of rotatable bonds is 6. The zero-order chi connectivity index (χ0) is 14.8. The van der Waals surface area contributed by atoms with Crippen LogP contribution in [-0.4, -0.2) is 34.0 Å². The average molecular weight is 288 g/mol. The quantitative estimate of drug-likeness (QED) is 0.859. The molecule has 1 N–H and O–H groups in total. The first kappa shape index (κ1) is 15.7. The van der Waals surface area contributed by atoms with Gasteiger partial charge in [0.1, 0.15) is 0 Å². The summed E-state index contributed by atoms with van der Waals surface area (Å²) in [7, 11) is -3.81. The molecule has 6 nitrogen and oxygen atoms in total. The molecule has 108 valence electrons. The molecule has 0 fully saturated rings. The first-order valence-corrected chi connectivity index (χ1v) is 7.76. The van der Waals surface area contributed by atoms with Gasteiger partial charge in [-0.05, 0) is 33.3 Å². The lowest BCUT2D eigenvalue weighted by atomic mass is 10.2. The van der Waals surface area contributed by atoms with Gasteiger partial charge in [-0.3, -0.25) is 9.48 Å². The zero-order valence-corrected chi connectivity index (χ0v) is 12.4. The fourth-order valence-corrected chi connectivity index (χ4v) is 2.57. The Morgan fingerprint density at radius 3 is 2.58 bits per heavy atom. The third kappa shape index (κ3) is 3.15. The summed E-state index contributed by atoms with van der Waals surface area (Å²) >= 11 is 0. The van der Waals surface area contributed by atoms with Gasteiger partial charge in [0.05, 0.1) is 11.4 Å². The van der Waals surface area contributed by atoms with Crippen LogP contribution >= 0.6 is 0 Å². The molecule has 0 aromatic carbocycles. The Morgan fingerprint density at radius 1 is 1.53 bits per heavy atom. The van der Waals surface area contributed by atoms with Gasteiger partial charge < -0.3 is 5.11 Å². The Morgan fingerprint density at radius 2 is 2.11 bits per heavy atom. The predicted octanol–water partition coefficient (Wildman–Crippen LogP) is 1.63. The second-order valence-electron chi connectivity index (χ2n) is 5.12. The summed E-state index contributed by atoms with van der Waals surface area (Å²) in [6.45, 7) is 6.37. The van der Waals surface area contributed by atoms with Crippen LogP contribution in [0.5, 0.6) is 0 Å². The van der Waals surface area contributed by atoms with Crippen LogP contribution in [0.25, 0.3) is 0 Å². The maximum atomic E-state index is 12.1. The number of carboxylic acid groups (broad SMARTS) is 1. The minimum Gasteiger partial charge on any atom is -0.480 e. The fourth-order valence-electron chi connectivity index (χ4n) is 1.40. The van der Waals surface area contributed by atoms with Crippen LogP contribution in [0.15, 0.2) is 12.3 Å². The molecule has 0 spiro atoms. The van der Waals surface area contributed by atoms with E-state index in [0.29, 0.717) is 5.69 Å². The smallest absolute Gasteiger partial charge is 0.324 e. The molecule has 1 atom stereocenters. The van der Waals surface area contributed by atoms with E-state index in [1.807, 2.05) is 13.8 Å². The summed E-state index contributed by atoms with van der Waals surface area (Å²) < 4.78 is 24.0. The van der Waals surface area contributed by atoms with Gasteiger partial charge in [0.15, 0.2) is 14.6 Å². The lowest BCUT2D eigenvalue weighted by Crippen LogP contribution is -2.41. The molecule has 1 aromatic heterocycles. The Bertz CT molecular complexity index is 560. The summed E-state index contributed by atoms with van der Waals surface area (Å²) in [6, 6.07) is 1.80. The average Bonchev–Trinajstić information content (AvgIpc) is 2.75. The largest absolute Gasteiger partial charge is 0.480 e. The number of sulfone groups is 1. The van der Waals surface area contributed by atoms with Gasteiger partial charge in [0.25, 0.3) is 0 Å². The summed E-state index contributed by atoms with van der Waals surface area (Å²) in [5.74, 6) is -1.72. The van der Waals surface area contributed by atoms with Crippen LogP contribution in [-0.2, 0) is 20.4 Å². The van der Waals surface area contributed by atoms with Gasteiger partial charge in [-0.25, -0.2) is 8.42 Å². The van der Waals surface area contributed by atoms with Crippen molar-refractivity contribution in [3.05, 3.63) is 18.0 Å². The Labute approximate surface area is 113 Å². The Kier molecular flexibility index (Phi) is 4.39. The van der Waals surface area contributed by atoms with E-state index in [1.165, 1.54) is 13.8 Å². The molecule has 0 saturated heterocycles. The molecule has 0 saturated carbocycles. The van der Waals surface area contributed by atoms with Gasteiger partial charge >= 0.3 is 5.97 Å². The van der Waals surface area contributed by atoms with Gasteiger partial charge in [0.2, 0.25) is 0 Å². The van der Waals surface area contributed by atoms with Crippen molar-refractivity contribution < 1.29 is 18.3 Å². The molecule has 1 heterocycles. The van der Waals surface area contributed by atoms with Crippen molar-refractivity contribution in [3.8, 4) is 0 Å². The van der Waals surface area contributed by atoms with E-state index in [0.717, 1.165) is 6.42 Å². The second-order valence-corrected chi connectivity index (χ2v) is 7.66. The van der Waals surface area contributed by atoms with Crippen molar-refractivity contribution in [1.29, 1.82) is 0 Å². The van der Waals surface area contributed by atoms with Crippen molar-refractivity contribution in [2.45, 2.75) is 50.7 Å². The SMILES string of the molecule is CCC(C)n1ccc(CS(=O)(=O)C(C)(C)C(=O)O)n1. The van der Waals surface area contributed by atoms with Crippen molar-refractivity contribution in [3.63, 3.8) is 0 Å². The van der Waals surface area contributed by atoms with E-state index in [4.69, 9.17) is 5.11 Å². The van der Waals surface area contributed by atoms with Gasteiger partial charge in [-0.2, -0.15) is 5.10 Å². The molecule has 0 aliphatic carbocycles.